The Balaban J connectivity index is 2.85. The Hall–Kier alpha value is -0.770. The molecule has 2 unspecified atom stereocenters. The maximum Gasteiger partial charge on any atom is 0.0686 e. The minimum Gasteiger partial charge on any atom is -0.392 e. The number of rotatable bonds is 6. The van der Waals surface area contributed by atoms with E-state index in [0.29, 0.717) is 12.6 Å². The molecule has 0 bridgehead atoms. The lowest BCUT2D eigenvalue weighted by molar-refractivity contribution is 0.201. The van der Waals surface area contributed by atoms with Crippen LogP contribution in [0.5, 0.6) is 0 Å². The zero-order valence-corrected chi connectivity index (χ0v) is 12.3. The number of nitrogens with one attached hydrogen (secondary N) is 1. The lowest BCUT2D eigenvalue weighted by Crippen LogP contribution is -2.27. The quantitative estimate of drug-likeness (QED) is 0.834. The molecule has 4 heteroatoms. The molecule has 3 nitrogen and oxygen atoms in total. The summed E-state index contributed by atoms with van der Waals surface area (Å²) in [7, 11) is 1.93. The van der Waals surface area contributed by atoms with Gasteiger partial charge in [0.05, 0.1) is 16.8 Å². The van der Waals surface area contributed by atoms with E-state index in [4.69, 9.17) is 11.6 Å². The largest absolute Gasteiger partial charge is 0.392 e. The van der Waals surface area contributed by atoms with Gasteiger partial charge in [-0.05, 0) is 38.1 Å². The Morgan fingerprint density at radius 1 is 1.39 bits per heavy atom. The highest BCUT2D eigenvalue weighted by atomic mass is 35.5. The molecule has 0 radical (unpaired) electrons. The van der Waals surface area contributed by atoms with Crippen molar-refractivity contribution >= 4 is 17.3 Å². The van der Waals surface area contributed by atoms with E-state index < -0.39 is 0 Å². The van der Waals surface area contributed by atoms with Gasteiger partial charge in [0.15, 0.2) is 0 Å². The van der Waals surface area contributed by atoms with E-state index in [-0.39, 0.29) is 6.10 Å². The van der Waals surface area contributed by atoms with Crippen molar-refractivity contribution in [2.75, 3.05) is 25.0 Å². The molecule has 18 heavy (non-hydrogen) atoms. The number of nitrogens with zero attached hydrogens (tertiary/aromatic N) is 1. The molecule has 1 aromatic carbocycles. The molecular weight excluding hydrogens is 248 g/mol. The highest BCUT2D eigenvalue weighted by Gasteiger charge is 2.11. The van der Waals surface area contributed by atoms with Gasteiger partial charge in [0.1, 0.15) is 0 Å². The number of halogens is 1. The number of anilines is 1. The molecule has 0 saturated carbocycles. The number of hydrogen-bond acceptors (Lipinski definition) is 3. The monoisotopic (exact) mass is 270 g/mol. The van der Waals surface area contributed by atoms with Crippen LogP contribution in [0, 0.1) is 0 Å². The van der Waals surface area contributed by atoms with Crippen LogP contribution in [-0.2, 0) is 0 Å². The van der Waals surface area contributed by atoms with Crippen LogP contribution in [0.1, 0.15) is 32.4 Å². The predicted molar refractivity (Wildman–Crippen MR) is 78.5 cm³/mol. The second-order valence-electron chi connectivity index (χ2n) is 4.72. The maximum atomic E-state index is 9.39. The van der Waals surface area contributed by atoms with E-state index in [1.165, 1.54) is 5.56 Å². The second-order valence-corrected chi connectivity index (χ2v) is 5.13. The molecule has 102 valence electrons. The minimum absolute atomic E-state index is 0.295. The van der Waals surface area contributed by atoms with Gasteiger partial charge >= 0.3 is 0 Å². The molecule has 0 heterocycles. The van der Waals surface area contributed by atoms with Crippen LogP contribution in [0.15, 0.2) is 18.2 Å². The van der Waals surface area contributed by atoms with Gasteiger partial charge in [-0.25, -0.2) is 0 Å². The summed E-state index contributed by atoms with van der Waals surface area (Å²) in [6, 6.07) is 6.37. The Bertz CT molecular complexity index is 382. The number of aliphatic hydroxyl groups is 1. The summed E-state index contributed by atoms with van der Waals surface area (Å²) in [5, 5.41) is 13.5. The van der Waals surface area contributed by atoms with Crippen molar-refractivity contribution in [3.05, 3.63) is 28.8 Å². The summed E-state index contributed by atoms with van der Waals surface area (Å²) in [5.41, 5.74) is 2.13. The molecule has 1 aromatic rings. The normalized spacial score (nSPS) is 14.3. The third-order valence-corrected chi connectivity index (χ3v) is 3.23. The second kappa shape index (κ2) is 6.98. The van der Waals surface area contributed by atoms with Crippen molar-refractivity contribution in [1.82, 2.24) is 5.32 Å². The van der Waals surface area contributed by atoms with Crippen molar-refractivity contribution in [2.24, 2.45) is 0 Å². The van der Waals surface area contributed by atoms with Crippen molar-refractivity contribution in [3.8, 4) is 0 Å². The molecule has 0 aliphatic carbocycles. The van der Waals surface area contributed by atoms with Gasteiger partial charge in [-0.15, -0.1) is 0 Å². The van der Waals surface area contributed by atoms with Gasteiger partial charge in [0.2, 0.25) is 0 Å². The summed E-state index contributed by atoms with van der Waals surface area (Å²) in [6.07, 6.45) is -0.369. The Morgan fingerprint density at radius 2 is 2.06 bits per heavy atom. The molecule has 1 rings (SSSR count). The van der Waals surface area contributed by atoms with E-state index in [1.807, 2.05) is 24.1 Å². The number of hydrogen-bond donors (Lipinski definition) is 2. The van der Waals surface area contributed by atoms with Crippen molar-refractivity contribution in [2.45, 2.75) is 32.9 Å². The van der Waals surface area contributed by atoms with Crippen LogP contribution in [0.3, 0.4) is 0 Å². The minimum atomic E-state index is -0.369. The van der Waals surface area contributed by atoms with E-state index in [2.05, 4.69) is 25.2 Å². The third kappa shape index (κ3) is 4.16. The number of benzene rings is 1. The highest BCUT2D eigenvalue weighted by molar-refractivity contribution is 6.33. The van der Waals surface area contributed by atoms with Crippen molar-refractivity contribution in [3.63, 3.8) is 0 Å². The molecule has 0 spiro atoms. The van der Waals surface area contributed by atoms with Crippen LogP contribution in [-0.4, -0.2) is 31.3 Å². The Labute approximate surface area is 115 Å². The van der Waals surface area contributed by atoms with E-state index in [0.717, 1.165) is 17.3 Å². The summed E-state index contributed by atoms with van der Waals surface area (Å²) in [4.78, 5) is 1.97. The van der Waals surface area contributed by atoms with Crippen LogP contribution >= 0.6 is 11.6 Å². The summed E-state index contributed by atoms with van der Waals surface area (Å²) >= 11 is 6.30. The fourth-order valence-electron chi connectivity index (χ4n) is 2.02. The van der Waals surface area contributed by atoms with E-state index in [1.54, 1.807) is 6.92 Å². The van der Waals surface area contributed by atoms with Crippen LogP contribution in [0.4, 0.5) is 5.69 Å². The topological polar surface area (TPSA) is 35.5 Å². The average Bonchev–Trinajstić information content (AvgIpc) is 2.28. The first-order chi connectivity index (χ1) is 8.45. The SMILES string of the molecule is CCNC(C)c1ccc(N(C)CC(C)O)c(Cl)c1. The van der Waals surface area contributed by atoms with Crippen molar-refractivity contribution in [1.29, 1.82) is 0 Å². The van der Waals surface area contributed by atoms with Gasteiger partial charge < -0.3 is 15.3 Å². The Morgan fingerprint density at radius 3 is 2.56 bits per heavy atom. The number of aliphatic hydroxyl groups excluding tert-OH is 1. The molecule has 2 N–H and O–H groups in total. The molecule has 0 aliphatic heterocycles. The molecule has 2 atom stereocenters. The summed E-state index contributed by atoms with van der Waals surface area (Å²) < 4.78 is 0. The molecule has 0 aliphatic rings. The maximum absolute atomic E-state index is 9.39. The zero-order valence-electron chi connectivity index (χ0n) is 11.6. The molecule has 0 aromatic heterocycles. The van der Waals surface area contributed by atoms with E-state index in [9.17, 15) is 5.11 Å². The smallest absolute Gasteiger partial charge is 0.0686 e. The molecular formula is C14H23ClN2O. The van der Waals surface area contributed by atoms with Gasteiger partial charge in [0.25, 0.3) is 0 Å². The van der Waals surface area contributed by atoms with Crippen molar-refractivity contribution < 1.29 is 5.11 Å². The standard InChI is InChI=1S/C14H23ClN2O/c1-5-16-11(3)12-6-7-14(13(15)8-12)17(4)9-10(2)18/h6-8,10-11,16,18H,5,9H2,1-4H3. The number of likely N-dealkylation sites (N-methyl/N-ethyl adjacent to an activating group) is 1. The highest BCUT2D eigenvalue weighted by Crippen LogP contribution is 2.28. The zero-order chi connectivity index (χ0) is 13.7. The average molecular weight is 271 g/mol. The first-order valence-corrected chi connectivity index (χ1v) is 6.75. The molecule has 0 saturated heterocycles. The van der Waals surface area contributed by atoms with Gasteiger partial charge in [-0.1, -0.05) is 24.6 Å². The van der Waals surface area contributed by atoms with Gasteiger partial charge in [-0.3, -0.25) is 0 Å². The lowest BCUT2D eigenvalue weighted by atomic mass is 10.1. The third-order valence-electron chi connectivity index (χ3n) is 2.93. The predicted octanol–water partition coefficient (Wildman–Crippen LogP) is 2.83. The molecule has 0 amide bonds. The van der Waals surface area contributed by atoms with Gasteiger partial charge in [-0.2, -0.15) is 0 Å². The van der Waals surface area contributed by atoms with Crippen LogP contribution in [0.25, 0.3) is 0 Å². The fourth-order valence-corrected chi connectivity index (χ4v) is 2.35. The lowest BCUT2D eigenvalue weighted by Gasteiger charge is -2.23. The first-order valence-electron chi connectivity index (χ1n) is 6.37. The Kier molecular flexibility index (Phi) is 5.93. The summed E-state index contributed by atoms with van der Waals surface area (Å²) in [6.45, 7) is 7.48. The van der Waals surface area contributed by atoms with E-state index >= 15 is 0 Å². The molecule has 0 fully saturated rings. The summed E-state index contributed by atoms with van der Waals surface area (Å²) in [5.74, 6) is 0. The van der Waals surface area contributed by atoms with Crippen LogP contribution < -0.4 is 10.2 Å². The fraction of sp³-hybridized carbons (Fsp3) is 0.571. The van der Waals surface area contributed by atoms with Crippen LogP contribution in [0.2, 0.25) is 5.02 Å². The first kappa shape index (κ1) is 15.3. The van der Waals surface area contributed by atoms with Gasteiger partial charge in [0, 0.05) is 19.6 Å².